The Hall–Kier alpha value is -0.980. The molecule has 0 bridgehead atoms. The molecule has 0 radical (unpaired) electrons. The summed E-state index contributed by atoms with van der Waals surface area (Å²) in [5.74, 6) is 0. The van der Waals surface area contributed by atoms with Crippen LogP contribution < -0.4 is 4.90 Å². The fourth-order valence-corrected chi connectivity index (χ4v) is 1.82. The van der Waals surface area contributed by atoms with Gasteiger partial charge in [-0.3, -0.25) is 0 Å². The van der Waals surface area contributed by atoms with Crippen molar-refractivity contribution >= 4 is 5.69 Å². The molecule has 0 heterocycles. The van der Waals surface area contributed by atoms with Crippen LogP contribution in [0.3, 0.4) is 0 Å². The van der Waals surface area contributed by atoms with Crippen molar-refractivity contribution in [3.05, 3.63) is 29.3 Å². The number of rotatable bonds is 2. The Kier molecular flexibility index (Phi) is 3.43. The van der Waals surface area contributed by atoms with E-state index in [1.165, 1.54) is 16.8 Å². The van der Waals surface area contributed by atoms with Gasteiger partial charge in [0.25, 0.3) is 0 Å². The Morgan fingerprint density at radius 1 is 1.20 bits per heavy atom. The average molecular weight is 205 g/mol. The fourth-order valence-electron chi connectivity index (χ4n) is 1.82. The smallest absolute Gasteiger partial charge is 0.0430 e. The van der Waals surface area contributed by atoms with E-state index in [-0.39, 0.29) is 5.54 Å². The summed E-state index contributed by atoms with van der Waals surface area (Å²) in [6, 6.07) is 6.56. The summed E-state index contributed by atoms with van der Waals surface area (Å²) in [6.45, 7) is 11.2. The van der Waals surface area contributed by atoms with Crippen LogP contribution in [0.15, 0.2) is 18.2 Å². The second-order valence-corrected chi connectivity index (χ2v) is 5.17. The molecule has 1 nitrogen and oxygen atoms in total. The van der Waals surface area contributed by atoms with E-state index in [1.807, 2.05) is 0 Å². The minimum absolute atomic E-state index is 0.177. The minimum Gasteiger partial charge on any atom is -0.369 e. The fraction of sp³-hybridized carbons (Fsp3) is 0.571. The molecule has 1 aromatic carbocycles. The first kappa shape index (κ1) is 12.1. The van der Waals surface area contributed by atoms with Crippen molar-refractivity contribution in [3.8, 4) is 0 Å². The maximum absolute atomic E-state index is 2.38. The van der Waals surface area contributed by atoms with Crippen molar-refractivity contribution in [2.24, 2.45) is 0 Å². The van der Waals surface area contributed by atoms with Crippen LogP contribution in [0, 0.1) is 6.92 Å². The third-order valence-corrected chi connectivity index (χ3v) is 3.04. The molecule has 0 N–H and O–H groups in total. The van der Waals surface area contributed by atoms with Crippen molar-refractivity contribution < 1.29 is 0 Å². The van der Waals surface area contributed by atoms with E-state index in [1.54, 1.807) is 0 Å². The molecule has 15 heavy (non-hydrogen) atoms. The molecule has 0 atom stereocenters. The van der Waals surface area contributed by atoms with Crippen molar-refractivity contribution in [1.82, 2.24) is 0 Å². The first-order chi connectivity index (χ1) is 6.88. The lowest BCUT2D eigenvalue weighted by molar-refractivity contribution is 0.536. The van der Waals surface area contributed by atoms with E-state index in [0.717, 1.165) is 6.42 Å². The maximum atomic E-state index is 2.38. The molecule has 0 spiro atoms. The lowest BCUT2D eigenvalue weighted by Gasteiger charge is -2.36. The van der Waals surface area contributed by atoms with Gasteiger partial charge in [0.1, 0.15) is 0 Å². The van der Waals surface area contributed by atoms with Gasteiger partial charge in [0.2, 0.25) is 0 Å². The Morgan fingerprint density at radius 2 is 1.80 bits per heavy atom. The van der Waals surface area contributed by atoms with Gasteiger partial charge >= 0.3 is 0 Å². The monoisotopic (exact) mass is 205 g/mol. The Labute approximate surface area is 94.1 Å². The third-order valence-electron chi connectivity index (χ3n) is 3.04. The van der Waals surface area contributed by atoms with Crippen molar-refractivity contribution in [2.75, 3.05) is 11.9 Å². The summed E-state index contributed by atoms with van der Waals surface area (Å²) in [6.07, 6.45) is 1.09. The molecule has 0 saturated heterocycles. The van der Waals surface area contributed by atoms with E-state index in [9.17, 15) is 0 Å². The molecule has 0 unspecified atom stereocenters. The van der Waals surface area contributed by atoms with E-state index >= 15 is 0 Å². The van der Waals surface area contributed by atoms with Crippen LogP contribution >= 0.6 is 0 Å². The first-order valence-corrected chi connectivity index (χ1v) is 5.70. The van der Waals surface area contributed by atoms with Crippen molar-refractivity contribution in [2.45, 2.75) is 46.6 Å². The molecule has 0 amide bonds. The van der Waals surface area contributed by atoms with Gasteiger partial charge in [-0.1, -0.05) is 25.1 Å². The summed E-state index contributed by atoms with van der Waals surface area (Å²) in [7, 11) is 2.18. The summed E-state index contributed by atoms with van der Waals surface area (Å²) in [5.41, 5.74) is 4.38. The van der Waals surface area contributed by atoms with Gasteiger partial charge < -0.3 is 4.90 Å². The van der Waals surface area contributed by atoms with E-state index in [2.05, 4.69) is 64.8 Å². The van der Waals surface area contributed by atoms with Crippen LogP contribution in [0.2, 0.25) is 0 Å². The van der Waals surface area contributed by atoms with E-state index < -0.39 is 0 Å². The lowest BCUT2D eigenvalue weighted by Crippen LogP contribution is -2.39. The van der Waals surface area contributed by atoms with Gasteiger partial charge in [-0.15, -0.1) is 0 Å². The molecule has 1 rings (SSSR count). The normalized spacial score (nSPS) is 11.6. The number of para-hydroxylation sites is 1. The second-order valence-electron chi connectivity index (χ2n) is 5.17. The van der Waals surface area contributed by atoms with Gasteiger partial charge in [-0.05, 0) is 45.2 Å². The molecule has 0 saturated carbocycles. The predicted octanol–water partition coefficient (Wildman–Crippen LogP) is 3.79. The molecular weight excluding hydrogens is 182 g/mol. The van der Waals surface area contributed by atoms with Gasteiger partial charge in [-0.25, -0.2) is 0 Å². The quantitative estimate of drug-likeness (QED) is 0.710. The highest BCUT2D eigenvalue weighted by atomic mass is 15.2. The summed E-state index contributed by atoms with van der Waals surface area (Å²) < 4.78 is 0. The second kappa shape index (κ2) is 4.26. The molecule has 0 aliphatic rings. The van der Waals surface area contributed by atoms with Crippen LogP contribution in [0.25, 0.3) is 0 Å². The van der Waals surface area contributed by atoms with Crippen molar-refractivity contribution in [1.29, 1.82) is 0 Å². The number of nitrogens with zero attached hydrogens (tertiary/aromatic N) is 1. The maximum Gasteiger partial charge on any atom is 0.0430 e. The molecular formula is C14H23N. The topological polar surface area (TPSA) is 3.24 Å². The first-order valence-electron chi connectivity index (χ1n) is 5.70. The highest BCUT2D eigenvalue weighted by Crippen LogP contribution is 2.29. The predicted molar refractivity (Wildman–Crippen MR) is 68.7 cm³/mol. The standard InChI is InChI=1S/C14H23N/c1-7-12-10-8-9-11(2)13(12)15(6)14(3,4)5/h8-10H,7H2,1-6H3. The molecule has 1 aromatic rings. The molecule has 0 aliphatic carbocycles. The van der Waals surface area contributed by atoms with Crippen LogP contribution in [0.4, 0.5) is 5.69 Å². The number of hydrogen-bond donors (Lipinski definition) is 0. The van der Waals surface area contributed by atoms with Crippen LogP contribution in [0.5, 0.6) is 0 Å². The average Bonchev–Trinajstić information content (AvgIpc) is 2.15. The van der Waals surface area contributed by atoms with Gasteiger partial charge in [0.15, 0.2) is 0 Å². The molecule has 0 fully saturated rings. The summed E-state index contributed by atoms with van der Waals surface area (Å²) in [4.78, 5) is 2.38. The van der Waals surface area contributed by atoms with Crippen LogP contribution in [0.1, 0.15) is 38.8 Å². The largest absolute Gasteiger partial charge is 0.369 e. The van der Waals surface area contributed by atoms with Crippen LogP contribution in [-0.2, 0) is 6.42 Å². The zero-order valence-corrected chi connectivity index (χ0v) is 10.9. The van der Waals surface area contributed by atoms with E-state index in [4.69, 9.17) is 0 Å². The Balaban J connectivity index is 3.23. The molecule has 0 aromatic heterocycles. The minimum atomic E-state index is 0.177. The number of aryl methyl sites for hydroxylation is 2. The molecule has 84 valence electrons. The van der Waals surface area contributed by atoms with Crippen LogP contribution in [-0.4, -0.2) is 12.6 Å². The van der Waals surface area contributed by atoms with Gasteiger partial charge in [0, 0.05) is 18.3 Å². The zero-order valence-electron chi connectivity index (χ0n) is 10.9. The SMILES string of the molecule is CCc1cccc(C)c1N(C)C(C)(C)C. The summed E-state index contributed by atoms with van der Waals surface area (Å²) in [5, 5.41) is 0. The zero-order chi connectivity index (χ0) is 11.6. The van der Waals surface area contributed by atoms with Crippen molar-refractivity contribution in [3.63, 3.8) is 0 Å². The molecule has 0 aliphatic heterocycles. The lowest BCUT2D eigenvalue weighted by atomic mass is 9.99. The number of anilines is 1. The van der Waals surface area contributed by atoms with E-state index in [0.29, 0.717) is 0 Å². The Bertz CT molecular complexity index is 334. The van der Waals surface area contributed by atoms with Gasteiger partial charge in [-0.2, -0.15) is 0 Å². The molecule has 1 heteroatoms. The number of hydrogen-bond acceptors (Lipinski definition) is 1. The van der Waals surface area contributed by atoms with Gasteiger partial charge in [0.05, 0.1) is 0 Å². The highest BCUT2D eigenvalue weighted by Gasteiger charge is 2.20. The summed E-state index contributed by atoms with van der Waals surface area (Å²) >= 11 is 0. The number of benzene rings is 1. The highest BCUT2D eigenvalue weighted by molar-refractivity contribution is 5.60. The Morgan fingerprint density at radius 3 is 2.27 bits per heavy atom. The third kappa shape index (κ3) is 2.53.